The highest BCUT2D eigenvalue weighted by molar-refractivity contribution is 14.1. The van der Waals surface area contributed by atoms with Gasteiger partial charge in [0.25, 0.3) is 5.69 Å². The van der Waals surface area contributed by atoms with E-state index in [9.17, 15) is 19.3 Å². The summed E-state index contributed by atoms with van der Waals surface area (Å²) in [5.41, 5.74) is 0.335. The Balaban J connectivity index is 2.29. The molecule has 2 rings (SSSR count). The summed E-state index contributed by atoms with van der Waals surface area (Å²) in [5.74, 6) is -0.810. The Hall–Kier alpha value is -1.54. The number of hydrogen-bond donors (Lipinski definition) is 0. The van der Waals surface area contributed by atoms with E-state index in [1.54, 1.807) is 12.1 Å². The third-order valence-electron chi connectivity index (χ3n) is 2.81. The van der Waals surface area contributed by atoms with Crippen LogP contribution in [0.1, 0.15) is 15.9 Å². The predicted molar refractivity (Wildman–Crippen MR) is 85.3 cm³/mol. The van der Waals surface area contributed by atoms with Crippen LogP contribution in [0.4, 0.5) is 10.1 Å². The average Bonchev–Trinajstić information content (AvgIpc) is 2.43. The molecule has 0 radical (unpaired) electrons. The van der Waals surface area contributed by atoms with Crippen LogP contribution in [-0.2, 0) is 6.42 Å². The molecule has 2 aromatic carbocycles. The minimum Gasteiger partial charge on any atom is -0.294 e. The summed E-state index contributed by atoms with van der Waals surface area (Å²) in [7, 11) is 0. The van der Waals surface area contributed by atoms with Gasteiger partial charge in [-0.05, 0) is 46.4 Å². The zero-order valence-electron chi connectivity index (χ0n) is 10.5. The summed E-state index contributed by atoms with van der Waals surface area (Å²) in [6.45, 7) is 0. The molecule has 0 unspecified atom stereocenters. The van der Waals surface area contributed by atoms with E-state index in [-0.39, 0.29) is 22.7 Å². The first-order valence-electron chi connectivity index (χ1n) is 5.79. The van der Waals surface area contributed by atoms with E-state index in [1.165, 1.54) is 18.2 Å². The molecular weight excluding hydrogens is 412 g/mol. The molecule has 2 aromatic rings. The number of carbonyl (C=O) groups excluding carboxylic acids is 1. The maximum Gasteiger partial charge on any atom is 0.270 e. The van der Waals surface area contributed by atoms with Crippen molar-refractivity contribution in [3.8, 4) is 0 Å². The van der Waals surface area contributed by atoms with Gasteiger partial charge >= 0.3 is 0 Å². The first-order valence-corrected chi connectivity index (χ1v) is 7.25. The highest BCUT2D eigenvalue weighted by atomic mass is 127. The molecule has 0 aromatic heterocycles. The fourth-order valence-electron chi connectivity index (χ4n) is 1.77. The zero-order chi connectivity index (χ0) is 15.6. The van der Waals surface area contributed by atoms with Crippen LogP contribution >= 0.6 is 34.2 Å². The number of benzene rings is 2. The SMILES string of the molecule is O=C(Cc1ccc(I)c(F)c1)c1cc([N+](=O)[O-])ccc1Cl. The lowest BCUT2D eigenvalue weighted by Gasteiger charge is -2.05. The van der Waals surface area contributed by atoms with Gasteiger partial charge in [0.1, 0.15) is 5.82 Å². The number of nitro benzene ring substituents is 1. The van der Waals surface area contributed by atoms with Gasteiger partial charge in [-0.2, -0.15) is 0 Å². The number of halogens is 3. The van der Waals surface area contributed by atoms with Crippen LogP contribution in [0.3, 0.4) is 0 Å². The van der Waals surface area contributed by atoms with Crippen molar-refractivity contribution in [2.75, 3.05) is 0 Å². The summed E-state index contributed by atoms with van der Waals surface area (Å²) < 4.78 is 13.9. The predicted octanol–water partition coefficient (Wildman–Crippen LogP) is 4.42. The van der Waals surface area contributed by atoms with Crippen molar-refractivity contribution in [1.29, 1.82) is 0 Å². The molecule has 7 heteroatoms. The van der Waals surface area contributed by atoms with Crippen LogP contribution in [-0.4, -0.2) is 10.7 Å². The van der Waals surface area contributed by atoms with Crippen molar-refractivity contribution < 1.29 is 14.1 Å². The molecule has 21 heavy (non-hydrogen) atoms. The number of carbonyl (C=O) groups is 1. The summed E-state index contributed by atoms with van der Waals surface area (Å²) in [5, 5.41) is 10.9. The molecule has 0 fully saturated rings. The smallest absolute Gasteiger partial charge is 0.270 e. The van der Waals surface area contributed by atoms with Gasteiger partial charge in [-0.15, -0.1) is 0 Å². The number of Topliss-reactive ketones (excluding diaryl/α,β-unsaturated/α-hetero) is 1. The molecule has 0 amide bonds. The van der Waals surface area contributed by atoms with Crippen molar-refractivity contribution in [3.63, 3.8) is 0 Å². The fraction of sp³-hybridized carbons (Fsp3) is 0.0714. The number of nitrogens with zero attached hydrogens (tertiary/aromatic N) is 1. The van der Waals surface area contributed by atoms with E-state index in [1.807, 2.05) is 22.6 Å². The second-order valence-electron chi connectivity index (χ2n) is 4.27. The summed E-state index contributed by atoms with van der Waals surface area (Å²) in [4.78, 5) is 22.3. The van der Waals surface area contributed by atoms with E-state index in [0.29, 0.717) is 9.13 Å². The Morgan fingerprint density at radius 1 is 1.29 bits per heavy atom. The van der Waals surface area contributed by atoms with Gasteiger partial charge < -0.3 is 0 Å². The normalized spacial score (nSPS) is 10.4. The van der Waals surface area contributed by atoms with Crippen molar-refractivity contribution in [3.05, 3.63) is 72.0 Å². The molecule has 0 aliphatic heterocycles. The Labute approximate surface area is 138 Å². The molecule has 0 aliphatic carbocycles. The second kappa shape index (κ2) is 6.48. The van der Waals surface area contributed by atoms with Crippen LogP contribution < -0.4 is 0 Å². The van der Waals surface area contributed by atoms with Gasteiger partial charge in [-0.25, -0.2) is 4.39 Å². The molecule has 0 aliphatic rings. The van der Waals surface area contributed by atoms with Crippen LogP contribution in [0.25, 0.3) is 0 Å². The molecular formula is C14H8ClFINO3. The van der Waals surface area contributed by atoms with Gasteiger partial charge in [0.2, 0.25) is 0 Å². The zero-order valence-corrected chi connectivity index (χ0v) is 13.4. The van der Waals surface area contributed by atoms with Crippen molar-refractivity contribution in [1.82, 2.24) is 0 Å². The molecule has 4 nitrogen and oxygen atoms in total. The molecule has 0 heterocycles. The molecule has 0 atom stereocenters. The van der Waals surface area contributed by atoms with Crippen LogP contribution in [0.2, 0.25) is 5.02 Å². The lowest BCUT2D eigenvalue weighted by atomic mass is 10.0. The molecule has 108 valence electrons. The third kappa shape index (κ3) is 3.76. The van der Waals surface area contributed by atoms with Gasteiger partial charge in [0.05, 0.1) is 9.95 Å². The Bertz CT molecular complexity index is 736. The Morgan fingerprint density at radius 3 is 2.62 bits per heavy atom. The van der Waals surface area contributed by atoms with Crippen LogP contribution in [0.15, 0.2) is 36.4 Å². The molecule has 0 N–H and O–H groups in total. The maximum atomic E-state index is 13.4. The number of ketones is 1. The highest BCUT2D eigenvalue weighted by Gasteiger charge is 2.16. The van der Waals surface area contributed by atoms with Crippen molar-refractivity contribution in [2.45, 2.75) is 6.42 Å². The monoisotopic (exact) mass is 419 g/mol. The number of non-ortho nitro benzene ring substituents is 1. The van der Waals surface area contributed by atoms with Crippen LogP contribution in [0, 0.1) is 19.5 Å². The Morgan fingerprint density at radius 2 is 2.00 bits per heavy atom. The van der Waals surface area contributed by atoms with Crippen LogP contribution in [0.5, 0.6) is 0 Å². The molecule has 0 bridgehead atoms. The summed E-state index contributed by atoms with van der Waals surface area (Å²) in [6, 6.07) is 8.13. The lowest BCUT2D eigenvalue weighted by Crippen LogP contribution is -2.05. The Kier molecular flexibility index (Phi) is 4.89. The van der Waals surface area contributed by atoms with Gasteiger partial charge in [-0.1, -0.05) is 17.7 Å². The molecule has 0 spiro atoms. The first kappa shape index (κ1) is 15.8. The van der Waals surface area contributed by atoms with Gasteiger partial charge in [0.15, 0.2) is 5.78 Å². The van der Waals surface area contributed by atoms with E-state index < -0.39 is 16.5 Å². The third-order valence-corrected chi connectivity index (χ3v) is 4.01. The highest BCUT2D eigenvalue weighted by Crippen LogP contribution is 2.24. The maximum absolute atomic E-state index is 13.4. The van der Waals surface area contributed by atoms with E-state index in [0.717, 1.165) is 6.07 Å². The standard InChI is InChI=1S/C14H8ClFINO3/c15-11-3-2-9(18(20)21)7-10(11)14(19)6-8-1-4-13(17)12(16)5-8/h1-5,7H,6H2. The van der Waals surface area contributed by atoms with Gasteiger partial charge in [0, 0.05) is 27.7 Å². The lowest BCUT2D eigenvalue weighted by molar-refractivity contribution is -0.384. The van der Waals surface area contributed by atoms with E-state index >= 15 is 0 Å². The van der Waals surface area contributed by atoms with E-state index in [4.69, 9.17) is 11.6 Å². The largest absolute Gasteiger partial charge is 0.294 e. The van der Waals surface area contributed by atoms with Gasteiger partial charge in [-0.3, -0.25) is 14.9 Å². The topological polar surface area (TPSA) is 60.2 Å². The minimum absolute atomic E-state index is 0.0600. The first-order chi connectivity index (χ1) is 9.88. The average molecular weight is 420 g/mol. The number of nitro groups is 1. The second-order valence-corrected chi connectivity index (χ2v) is 5.84. The van der Waals surface area contributed by atoms with Crippen molar-refractivity contribution in [2.24, 2.45) is 0 Å². The van der Waals surface area contributed by atoms with Crippen molar-refractivity contribution >= 4 is 45.7 Å². The minimum atomic E-state index is -0.600. The quantitative estimate of drug-likeness (QED) is 0.319. The summed E-state index contributed by atoms with van der Waals surface area (Å²) >= 11 is 7.75. The number of hydrogen-bond acceptors (Lipinski definition) is 3. The summed E-state index contributed by atoms with van der Waals surface area (Å²) in [6.07, 6.45) is -0.0747. The molecule has 0 saturated heterocycles. The number of rotatable bonds is 4. The fourth-order valence-corrected chi connectivity index (χ4v) is 2.33. The van der Waals surface area contributed by atoms with E-state index in [2.05, 4.69) is 0 Å². The molecule has 0 saturated carbocycles.